The van der Waals surface area contributed by atoms with Gasteiger partial charge in [-0.15, -0.1) is 0 Å². The number of carbonyl (C=O) groups is 2. The van der Waals surface area contributed by atoms with E-state index in [2.05, 4.69) is 10.4 Å². The molecule has 4 rings (SSSR count). The minimum absolute atomic E-state index is 0.0434. The van der Waals surface area contributed by atoms with Crippen molar-refractivity contribution in [3.8, 4) is 0 Å². The largest absolute Gasteiger partial charge is 0.339 e. The predicted molar refractivity (Wildman–Crippen MR) is 111 cm³/mol. The van der Waals surface area contributed by atoms with E-state index >= 15 is 0 Å². The number of rotatable bonds is 4. The second-order valence-corrected chi connectivity index (χ2v) is 8.02. The molecule has 1 aromatic carbocycles. The molecule has 7 nitrogen and oxygen atoms in total. The van der Waals surface area contributed by atoms with E-state index in [0.717, 1.165) is 31.5 Å². The lowest BCUT2D eigenvalue weighted by molar-refractivity contribution is -0.131. The number of hydrogen-bond donors (Lipinski definition) is 1. The summed E-state index contributed by atoms with van der Waals surface area (Å²) in [4.78, 5) is 29.1. The van der Waals surface area contributed by atoms with Gasteiger partial charge in [-0.2, -0.15) is 5.10 Å². The van der Waals surface area contributed by atoms with Crippen molar-refractivity contribution < 1.29 is 9.59 Å². The fourth-order valence-corrected chi connectivity index (χ4v) is 4.03. The molecule has 7 heteroatoms. The maximum absolute atomic E-state index is 12.8. The first-order valence-corrected chi connectivity index (χ1v) is 10.5. The Bertz CT molecular complexity index is 846. The van der Waals surface area contributed by atoms with Crippen LogP contribution in [-0.4, -0.2) is 70.7 Å². The van der Waals surface area contributed by atoms with Gasteiger partial charge in [0.15, 0.2) is 0 Å². The van der Waals surface area contributed by atoms with Crippen LogP contribution in [0.1, 0.15) is 40.5 Å². The Kier molecular flexibility index (Phi) is 5.94. The zero-order chi connectivity index (χ0) is 20.2. The summed E-state index contributed by atoms with van der Waals surface area (Å²) in [7, 11) is 0. The van der Waals surface area contributed by atoms with Crippen LogP contribution in [0.25, 0.3) is 0 Å². The Labute approximate surface area is 171 Å². The molecule has 2 aliphatic rings. The smallest absolute Gasteiger partial charge is 0.274 e. The predicted octanol–water partition coefficient (Wildman–Crippen LogP) is 1.64. The first-order chi connectivity index (χ1) is 14.1. The summed E-state index contributed by atoms with van der Waals surface area (Å²) in [6, 6.07) is 10.2. The van der Waals surface area contributed by atoms with Crippen LogP contribution in [0.2, 0.25) is 0 Å². The summed E-state index contributed by atoms with van der Waals surface area (Å²) in [6.45, 7) is 6.24. The van der Waals surface area contributed by atoms with Gasteiger partial charge >= 0.3 is 0 Å². The van der Waals surface area contributed by atoms with E-state index in [1.807, 2.05) is 53.0 Å². The average molecular weight is 396 g/mol. The van der Waals surface area contributed by atoms with Gasteiger partial charge in [0, 0.05) is 38.9 Å². The molecule has 1 aromatic heterocycles. The van der Waals surface area contributed by atoms with Gasteiger partial charge in [0.1, 0.15) is 5.69 Å². The highest BCUT2D eigenvalue weighted by Gasteiger charge is 2.26. The number of hydrogen-bond acceptors (Lipinski definition) is 4. The number of aromatic nitrogens is 2. The molecule has 2 fully saturated rings. The third-order valence-corrected chi connectivity index (χ3v) is 5.87. The van der Waals surface area contributed by atoms with Gasteiger partial charge in [0.25, 0.3) is 5.91 Å². The quantitative estimate of drug-likeness (QED) is 0.855. The molecule has 1 N–H and O–H groups in total. The Hall–Kier alpha value is -2.67. The fourth-order valence-electron chi connectivity index (χ4n) is 4.03. The summed E-state index contributed by atoms with van der Waals surface area (Å²) in [6.07, 6.45) is 4.54. The van der Waals surface area contributed by atoms with Gasteiger partial charge in [0.2, 0.25) is 5.91 Å². The number of piperidine rings is 1. The maximum Gasteiger partial charge on any atom is 0.274 e. The van der Waals surface area contributed by atoms with Crippen molar-refractivity contribution in [2.24, 2.45) is 0 Å². The molecule has 2 aromatic rings. The normalized spacial score (nSPS) is 20.0. The maximum atomic E-state index is 12.8. The van der Waals surface area contributed by atoms with Crippen LogP contribution in [0.4, 0.5) is 0 Å². The molecule has 0 saturated carbocycles. The van der Waals surface area contributed by atoms with Crippen LogP contribution >= 0.6 is 0 Å². The highest BCUT2D eigenvalue weighted by atomic mass is 16.2. The number of benzene rings is 1. The van der Waals surface area contributed by atoms with Crippen molar-refractivity contribution in [3.63, 3.8) is 0 Å². The summed E-state index contributed by atoms with van der Waals surface area (Å²) in [5, 5.41) is 7.91. The highest BCUT2D eigenvalue weighted by Crippen LogP contribution is 2.17. The van der Waals surface area contributed by atoms with Crippen molar-refractivity contribution in [3.05, 3.63) is 53.3 Å². The second-order valence-electron chi connectivity index (χ2n) is 8.02. The summed E-state index contributed by atoms with van der Waals surface area (Å²) >= 11 is 0. The van der Waals surface area contributed by atoms with Crippen molar-refractivity contribution in [1.82, 2.24) is 24.9 Å². The van der Waals surface area contributed by atoms with Crippen molar-refractivity contribution in [2.75, 3.05) is 39.3 Å². The fraction of sp³-hybridized carbons (Fsp3) is 0.500. The zero-order valence-electron chi connectivity index (χ0n) is 17.0. The summed E-state index contributed by atoms with van der Waals surface area (Å²) in [5.74, 6) is 0.0770. The third kappa shape index (κ3) is 4.67. The van der Waals surface area contributed by atoms with Crippen LogP contribution in [0.15, 0.2) is 36.5 Å². The lowest BCUT2D eigenvalue weighted by atomic mass is 10.1. The Morgan fingerprint density at radius 3 is 2.48 bits per heavy atom. The minimum atomic E-state index is -0.0434. The Morgan fingerprint density at radius 1 is 1.07 bits per heavy atom. The first kappa shape index (κ1) is 19.6. The van der Waals surface area contributed by atoms with Crippen LogP contribution < -0.4 is 5.32 Å². The topological polar surface area (TPSA) is 70.5 Å². The van der Waals surface area contributed by atoms with Crippen LogP contribution in [0, 0.1) is 6.92 Å². The van der Waals surface area contributed by atoms with Gasteiger partial charge in [-0.05, 0) is 37.9 Å². The molecule has 29 heavy (non-hydrogen) atoms. The zero-order valence-corrected chi connectivity index (χ0v) is 17.0. The Balaban J connectivity index is 1.29. The van der Waals surface area contributed by atoms with E-state index in [-0.39, 0.29) is 11.8 Å². The lowest BCUT2D eigenvalue weighted by Gasteiger charge is -2.34. The molecular weight excluding hydrogens is 366 g/mol. The second kappa shape index (κ2) is 8.78. The monoisotopic (exact) mass is 395 g/mol. The van der Waals surface area contributed by atoms with Gasteiger partial charge in [-0.25, -0.2) is 0 Å². The van der Waals surface area contributed by atoms with E-state index < -0.39 is 0 Å². The number of piperazine rings is 1. The molecule has 2 saturated heterocycles. The van der Waals surface area contributed by atoms with Gasteiger partial charge in [0.05, 0.1) is 12.5 Å². The molecule has 154 valence electrons. The molecule has 1 unspecified atom stereocenters. The Morgan fingerprint density at radius 2 is 1.79 bits per heavy atom. The molecular formula is C22H29N5O2. The van der Waals surface area contributed by atoms with Gasteiger partial charge < -0.3 is 15.1 Å². The van der Waals surface area contributed by atoms with Crippen LogP contribution in [0.5, 0.6) is 0 Å². The number of amides is 2. The summed E-state index contributed by atoms with van der Waals surface area (Å²) in [5.41, 5.74) is 2.72. The lowest BCUT2D eigenvalue weighted by Crippen LogP contribution is -2.51. The van der Waals surface area contributed by atoms with E-state index in [0.29, 0.717) is 44.3 Å². The molecule has 2 amide bonds. The van der Waals surface area contributed by atoms with E-state index in [1.165, 1.54) is 5.56 Å². The van der Waals surface area contributed by atoms with Gasteiger partial charge in [-0.1, -0.05) is 29.8 Å². The third-order valence-electron chi connectivity index (χ3n) is 5.87. The van der Waals surface area contributed by atoms with Crippen molar-refractivity contribution >= 4 is 11.8 Å². The van der Waals surface area contributed by atoms with Crippen molar-refractivity contribution in [1.29, 1.82) is 0 Å². The summed E-state index contributed by atoms with van der Waals surface area (Å²) < 4.78 is 1.92. The van der Waals surface area contributed by atoms with Gasteiger partial charge in [-0.3, -0.25) is 14.3 Å². The highest BCUT2D eigenvalue weighted by molar-refractivity contribution is 5.92. The van der Waals surface area contributed by atoms with E-state index in [1.54, 1.807) is 4.90 Å². The van der Waals surface area contributed by atoms with E-state index in [9.17, 15) is 9.59 Å². The standard InChI is InChI=1S/C22H29N5O2/c1-17-4-6-18(7-5-17)15-21(28)25-11-13-26(14-12-25)22(29)20-8-10-27(24-20)19-3-2-9-23-16-19/h4-8,10,19,23H,2-3,9,11-16H2,1H3. The number of aryl methyl sites for hydroxylation is 1. The van der Waals surface area contributed by atoms with Crippen LogP contribution in [-0.2, 0) is 11.2 Å². The molecule has 0 radical (unpaired) electrons. The minimum Gasteiger partial charge on any atom is -0.339 e. The van der Waals surface area contributed by atoms with E-state index in [4.69, 9.17) is 0 Å². The average Bonchev–Trinajstić information content (AvgIpc) is 3.26. The number of nitrogens with one attached hydrogen (secondary N) is 1. The van der Waals surface area contributed by atoms with Crippen molar-refractivity contribution in [2.45, 2.75) is 32.2 Å². The molecule has 2 aliphatic heterocycles. The number of nitrogens with zero attached hydrogens (tertiary/aromatic N) is 4. The molecule has 0 aliphatic carbocycles. The molecule has 3 heterocycles. The van der Waals surface area contributed by atoms with Crippen LogP contribution in [0.3, 0.4) is 0 Å². The number of carbonyl (C=O) groups excluding carboxylic acids is 2. The SMILES string of the molecule is Cc1ccc(CC(=O)N2CCN(C(=O)c3ccn(C4CCCNC4)n3)CC2)cc1. The molecule has 1 atom stereocenters. The molecule has 0 spiro atoms. The first-order valence-electron chi connectivity index (χ1n) is 10.5. The molecule has 0 bridgehead atoms.